The van der Waals surface area contributed by atoms with Crippen molar-refractivity contribution in [2.24, 2.45) is 5.41 Å². The van der Waals surface area contributed by atoms with Gasteiger partial charge in [-0.1, -0.05) is 13.8 Å². The van der Waals surface area contributed by atoms with E-state index in [0.29, 0.717) is 0 Å². The van der Waals surface area contributed by atoms with E-state index < -0.39 is 10.7 Å². The molecule has 5 nitrogen and oxygen atoms in total. The van der Waals surface area contributed by atoms with Crippen LogP contribution in [0.5, 0.6) is 5.75 Å². The predicted molar refractivity (Wildman–Crippen MR) is 74.6 cm³/mol. The summed E-state index contributed by atoms with van der Waals surface area (Å²) in [5, 5.41) is 13.9. The lowest BCUT2D eigenvalue weighted by molar-refractivity contribution is -0.385. The molecule has 0 amide bonds. The molecule has 1 N–H and O–H groups in total. The van der Waals surface area contributed by atoms with E-state index in [1.165, 1.54) is 13.2 Å². The van der Waals surface area contributed by atoms with Crippen LogP contribution in [0.1, 0.15) is 33.1 Å². The lowest BCUT2D eigenvalue weighted by Gasteiger charge is -2.19. The van der Waals surface area contributed by atoms with Crippen LogP contribution >= 0.6 is 0 Å². The Morgan fingerprint density at radius 3 is 2.70 bits per heavy atom. The summed E-state index contributed by atoms with van der Waals surface area (Å²) in [5.41, 5.74) is 0.149. The molecule has 0 aromatic heterocycles. The van der Waals surface area contributed by atoms with Gasteiger partial charge in [0.2, 0.25) is 0 Å². The fourth-order valence-electron chi connectivity index (χ4n) is 2.74. The molecule has 0 bridgehead atoms. The number of nitro groups is 1. The van der Waals surface area contributed by atoms with Crippen LogP contribution in [0.2, 0.25) is 0 Å². The third-order valence-electron chi connectivity index (χ3n) is 3.79. The predicted octanol–water partition coefficient (Wildman–Crippen LogP) is 3.73. The summed E-state index contributed by atoms with van der Waals surface area (Å²) in [6.45, 7) is 4.36. The molecule has 1 unspecified atom stereocenters. The highest BCUT2D eigenvalue weighted by Gasteiger charge is 2.31. The van der Waals surface area contributed by atoms with Crippen molar-refractivity contribution in [3.63, 3.8) is 0 Å². The molecule has 1 aromatic rings. The highest BCUT2D eigenvalue weighted by atomic mass is 19.1. The first-order valence-corrected chi connectivity index (χ1v) is 6.61. The van der Waals surface area contributed by atoms with Crippen molar-refractivity contribution >= 4 is 11.4 Å². The highest BCUT2D eigenvalue weighted by Crippen LogP contribution is 2.39. The number of halogens is 1. The fraction of sp³-hybridized carbons (Fsp3) is 0.571. The summed E-state index contributed by atoms with van der Waals surface area (Å²) in [6, 6.07) is 2.45. The summed E-state index contributed by atoms with van der Waals surface area (Å²) >= 11 is 0. The highest BCUT2D eigenvalue weighted by molar-refractivity contribution is 5.59. The number of ether oxygens (including phenoxy) is 1. The van der Waals surface area contributed by atoms with Gasteiger partial charge in [-0.25, -0.2) is 4.39 Å². The lowest BCUT2D eigenvalue weighted by Crippen LogP contribution is -2.18. The summed E-state index contributed by atoms with van der Waals surface area (Å²) in [6.07, 6.45) is 2.99. The van der Waals surface area contributed by atoms with Gasteiger partial charge >= 0.3 is 5.69 Å². The van der Waals surface area contributed by atoms with Gasteiger partial charge in [0.15, 0.2) is 11.6 Å². The minimum atomic E-state index is -0.648. The van der Waals surface area contributed by atoms with Crippen molar-refractivity contribution in [3.05, 3.63) is 28.1 Å². The molecule has 0 heterocycles. The molecule has 6 heteroatoms. The van der Waals surface area contributed by atoms with E-state index in [4.69, 9.17) is 4.74 Å². The summed E-state index contributed by atoms with van der Waals surface area (Å²) in [4.78, 5) is 10.2. The van der Waals surface area contributed by atoms with E-state index in [1.54, 1.807) is 0 Å². The van der Waals surface area contributed by atoms with E-state index in [9.17, 15) is 14.5 Å². The van der Waals surface area contributed by atoms with Gasteiger partial charge in [0.05, 0.1) is 23.8 Å². The zero-order valence-corrected chi connectivity index (χ0v) is 11.9. The first-order valence-electron chi connectivity index (χ1n) is 6.61. The number of nitrogens with one attached hydrogen (secondary N) is 1. The Bertz CT molecular complexity index is 531. The molecule has 110 valence electrons. The largest absolute Gasteiger partial charge is 0.490 e. The van der Waals surface area contributed by atoms with Crippen molar-refractivity contribution in [1.82, 2.24) is 0 Å². The van der Waals surface area contributed by atoms with Crippen molar-refractivity contribution in [3.8, 4) is 5.75 Å². The molecule has 1 atom stereocenters. The SMILES string of the molecule is COc1cc(NC2CCC(C)(C)C2)c(F)cc1[N+](=O)[O-]. The van der Waals surface area contributed by atoms with Gasteiger partial charge in [0.25, 0.3) is 0 Å². The van der Waals surface area contributed by atoms with Crippen LogP contribution in [0.25, 0.3) is 0 Å². The summed E-state index contributed by atoms with van der Waals surface area (Å²) in [5.74, 6) is -0.557. The third kappa shape index (κ3) is 3.00. The molecular formula is C14H19FN2O3. The normalized spacial score (nSPS) is 20.7. The van der Waals surface area contributed by atoms with Gasteiger partial charge < -0.3 is 10.1 Å². The number of nitrogens with zero attached hydrogens (tertiary/aromatic N) is 1. The zero-order chi connectivity index (χ0) is 14.9. The molecule has 1 aliphatic rings. The molecule has 20 heavy (non-hydrogen) atoms. The van der Waals surface area contributed by atoms with E-state index in [-0.39, 0.29) is 28.6 Å². The second-order valence-electron chi connectivity index (χ2n) is 6.01. The van der Waals surface area contributed by atoms with Crippen molar-refractivity contribution in [2.45, 2.75) is 39.2 Å². The van der Waals surface area contributed by atoms with Crippen LogP contribution in [0, 0.1) is 21.3 Å². The number of hydrogen-bond acceptors (Lipinski definition) is 4. The first kappa shape index (κ1) is 14.6. The molecule has 1 fully saturated rings. The topological polar surface area (TPSA) is 64.4 Å². The maximum atomic E-state index is 14.0. The Hall–Kier alpha value is -1.85. The Balaban J connectivity index is 2.22. The lowest BCUT2D eigenvalue weighted by atomic mass is 9.92. The molecule has 2 rings (SSSR count). The van der Waals surface area contributed by atoms with E-state index in [1.807, 2.05) is 0 Å². The van der Waals surface area contributed by atoms with Crippen LogP contribution in [-0.2, 0) is 0 Å². The summed E-state index contributed by atoms with van der Waals surface area (Å²) in [7, 11) is 1.34. The van der Waals surface area contributed by atoms with Gasteiger partial charge in [0.1, 0.15) is 0 Å². The molecular weight excluding hydrogens is 263 g/mol. The van der Waals surface area contributed by atoms with Gasteiger partial charge in [-0.3, -0.25) is 10.1 Å². The minimum absolute atomic E-state index is 0.0659. The van der Waals surface area contributed by atoms with E-state index in [2.05, 4.69) is 19.2 Å². The van der Waals surface area contributed by atoms with Crippen LogP contribution in [0.4, 0.5) is 15.8 Å². The van der Waals surface area contributed by atoms with Crippen LogP contribution in [0.3, 0.4) is 0 Å². The molecule has 0 radical (unpaired) electrons. The smallest absolute Gasteiger partial charge is 0.313 e. The average Bonchev–Trinajstić information content (AvgIpc) is 2.70. The van der Waals surface area contributed by atoms with Crippen LogP contribution < -0.4 is 10.1 Å². The maximum Gasteiger partial charge on any atom is 0.313 e. The molecule has 0 spiro atoms. The van der Waals surface area contributed by atoms with Gasteiger partial charge in [-0.05, 0) is 24.7 Å². The molecule has 1 aromatic carbocycles. The van der Waals surface area contributed by atoms with Crippen molar-refractivity contribution < 1.29 is 14.1 Å². The average molecular weight is 282 g/mol. The second-order valence-corrected chi connectivity index (χ2v) is 6.01. The van der Waals surface area contributed by atoms with Gasteiger partial charge in [-0.2, -0.15) is 0 Å². The molecule has 1 saturated carbocycles. The second kappa shape index (κ2) is 5.26. The Morgan fingerprint density at radius 1 is 1.50 bits per heavy atom. The molecule has 0 aliphatic heterocycles. The molecule has 0 saturated heterocycles. The maximum absolute atomic E-state index is 14.0. The standard InChI is InChI=1S/C14H19FN2O3/c1-14(2)5-4-9(8-14)16-11-7-13(20-3)12(17(18)19)6-10(11)15/h6-7,9,16H,4-5,8H2,1-3H3. The Morgan fingerprint density at radius 2 is 2.20 bits per heavy atom. The fourth-order valence-corrected chi connectivity index (χ4v) is 2.74. The van der Waals surface area contributed by atoms with Gasteiger partial charge in [0, 0.05) is 12.1 Å². The van der Waals surface area contributed by atoms with Crippen molar-refractivity contribution in [1.29, 1.82) is 0 Å². The number of rotatable bonds is 4. The number of methoxy groups -OCH3 is 1. The first-order chi connectivity index (χ1) is 9.32. The number of hydrogen-bond donors (Lipinski definition) is 1. The third-order valence-corrected chi connectivity index (χ3v) is 3.79. The molecule has 1 aliphatic carbocycles. The summed E-state index contributed by atoms with van der Waals surface area (Å²) < 4.78 is 18.9. The number of anilines is 1. The van der Waals surface area contributed by atoms with Crippen molar-refractivity contribution in [2.75, 3.05) is 12.4 Å². The van der Waals surface area contributed by atoms with Crippen LogP contribution in [-0.4, -0.2) is 18.1 Å². The number of benzene rings is 1. The zero-order valence-electron chi connectivity index (χ0n) is 11.9. The Kier molecular flexibility index (Phi) is 3.83. The minimum Gasteiger partial charge on any atom is -0.490 e. The number of nitro benzene ring substituents is 1. The monoisotopic (exact) mass is 282 g/mol. The quantitative estimate of drug-likeness (QED) is 0.675. The van der Waals surface area contributed by atoms with E-state index in [0.717, 1.165) is 25.3 Å². The van der Waals surface area contributed by atoms with Crippen LogP contribution in [0.15, 0.2) is 12.1 Å². The van der Waals surface area contributed by atoms with Gasteiger partial charge in [-0.15, -0.1) is 0 Å². The Labute approximate surface area is 117 Å². The van der Waals surface area contributed by atoms with E-state index >= 15 is 0 Å².